The number of carbonyl (C=O) groups is 1. The van der Waals surface area contributed by atoms with E-state index in [0.29, 0.717) is 49.4 Å². The van der Waals surface area contributed by atoms with E-state index < -0.39 is 11.9 Å². The summed E-state index contributed by atoms with van der Waals surface area (Å²) in [5.74, 6) is 0.908. The summed E-state index contributed by atoms with van der Waals surface area (Å²) in [7, 11) is 2.19. The van der Waals surface area contributed by atoms with Gasteiger partial charge in [-0.25, -0.2) is 0 Å². The van der Waals surface area contributed by atoms with E-state index in [0.717, 1.165) is 45.1 Å². The van der Waals surface area contributed by atoms with Crippen LogP contribution in [0.2, 0.25) is 0 Å². The third kappa shape index (κ3) is 5.10. The number of anilines is 1. The molecule has 3 saturated carbocycles. The van der Waals surface area contributed by atoms with Crippen LogP contribution in [0.4, 0.5) is 5.95 Å². The normalized spacial score (nSPS) is 43.1. The Hall–Kier alpha value is -2.04. The number of nitrogens with two attached hydrogens (primary N) is 1. The minimum atomic E-state index is -0.625. The number of nitrogens with zero attached hydrogens (tertiary/aromatic N) is 5. The van der Waals surface area contributed by atoms with Gasteiger partial charge < -0.3 is 20.3 Å². The zero-order valence-corrected chi connectivity index (χ0v) is 33.3. The van der Waals surface area contributed by atoms with Gasteiger partial charge in [0.15, 0.2) is 0 Å². The van der Waals surface area contributed by atoms with E-state index in [4.69, 9.17) is 15.2 Å². The number of fused-ring (bicyclic) bond motifs is 3. The maximum Gasteiger partial charge on any atom is 0.307 e. The number of aliphatic carboxylic acids is 1. The highest BCUT2D eigenvalue weighted by Gasteiger charge is 2.72. The van der Waals surface area contributed by atoms with Crippen molar-refractivity contribution in [2.45, 2.75) is 132 Å². The summed E-state index contributed by atoms with van der Waals surface area (Å²) in [6.07, 6.45) is 7.98. The van der Waals surface area contributed by atoms with Crippen molar-refractivity contribution in [2.24, 2.45) is 62.6 Å². The first kappa shape index (κ1) is 37.7. The highest BCUT2D eigenvalue weighted by Crippen LogP contribution is 2.75. The molecule has 10 nitrogen and oxygen atoms in total. The molecule has 10 heteroatoms. The monoisotopic (exact) mass is 697 g/mol. The highest BCUT2D eigenvalue weighted by atomic mass is 16.5. The molecule has 0 amide bonds. The van der Waals surface area contributed by atoms with E-state index >= 15 is 0 Å². The number of ether oxygens (including phenoxy) is 2. The molecule has 2 heterocycles. The first-order chi connectivity index (χ1) is 23.3. The topological polar surface area (TPSA) is 129 Å². The van der Waals surface area contributed by atoms with Gasteiger partial charge >= 0.3 is 5.97 Å². The largest absolute Gasteiger partial charge is 0.481 e. The van der Waals surface area contributed by atoms with Crippen LogP contribution in [0.1, 0.15) is 121 Å². The number of likely N-dealkylation sites (N-methyl/N-ethyl adjacent to an activating group) is 1. The first-order valence-electron chi connectivity index (χ1n) is 19.7. The molecular formula is C40H68N6O4. The molecule has 1 aromatic heterocycles. The van der Waals surface area contributed by atoms with E-state index in [9.17, 15) is 9.90 Å². The molecule has 12 atom stereocenters. The molecule has 0 radical (unpaired) electrons. The number of rotatable bonds is 10. The minimum Gasteiger partial charge on any atom is -0.481 e. The third-order valence-corrected chi connectivity index (χ3v) is 17.0. The van der Waals surface area contributed by atoms with Gasteiger partial charge in [-0.05, 0) is 110 Å². The van der Waals surface area contributed by atoms with Crippen LogP contribution in [-0.2, 0) is 14.3 Å². The number of allylic oxidation sites excluding steroid dienone is 1. The summed E-state index contributed by atoms with van der Waals surface area (Å²) in [6, 6.07) is -0.164. The van der Waals surface area contributed by atoms with Gasteiger partial charge in [0.1, 0.15) is 6.04 Å². The second kappa shape index (κ2) is 12.5. The fourth-order valence-corrected chi connectivity index (χ4v) is 12.8. The van der Waals surface area contributed by atoms with Gasteiger partial charge in [-0.3, -0.25) is 9.69 Å². The number of carboxylic acid groups (broad SMARTS) is 1. The standard InChI is InChI=1S/C40H68N6O4/c1-13-45(12)39(11,25(4)5)22-50-32-29(46-43-34(41)42-44-46)20-40-23-49-21-36(32,8)30(40)15-14-27-28(40)16-17-38(10)31(33(47)48)35(7,26(6)24(2)3)18-19-37(27,38)9/h16,24-27,29-32H,13-15,17-23H2,1-12H3,(H2,41,43)(H,47,48)/t26-,27+,29-,30+,31-,32+,35-,36-,37-,38+,39+,40+/m1/s1. The Labute approximate surface area is 301 Å². The Bertz CT molecular complexity index is 1480. The van der Waals surface area contributed by atoms with E-state index in [-0.39, 0.29) is 50.7 Å². The van der Waals surface area contributed by atoms with Gasteiger partial charge in [0, 0.05) is 16.4 Å². The fourth-order valence-electron chi connectivity index (χ4n) is 12.8. The van der Waals surface area contributed by atoms with Crippen molar-refractivity contribution in [3.05, 3.63) is 11.6 Å². The van der Waals surface area contributed by atoms with E-state index in [1.54, 1.807) is 4.80 Å². The van der Waals surface area contributed by atoms with Crippen molar-refractivity contribution in [3.8, 4) is 0 Å². The number of aromatic nitrogens is 4. The van der Waals surface area contributed by atoms with Crippen molar-refractivity contribution < 1.29 is 19.4 Å². The van der Waals surface area contributed by atoms with Crippen LogP contribution < -0.4 is 5.73 Å². The molecule has 5 aliphatic rings. The fraction of sp³-hybridized carbons (Fsp3) is 0.900. The number of tetrazole rings is 1. The second-order valence-electron chi connectivity index (χ2n) is 19.3. The molecule has 50 heavy (non-hydrogen) atoms. The van der Waals surface area contributed by atoms with Crippen LogP contribution in [-0.4, -0.2) is 81.2 Å². The average Bonchev–Trinajstić information content (AvgIpc) is 3.49. The number of carboxylic acids is 1. The molecule has 4 aliphatic carbocycles. The maximum absolute atomic E-state index is 13.5. The lowest BCUT2D eigenvalue weighted by atomic mass is 9.34. The van der Waals surface area contributed by atoms with Crippen molar-refractivity contribution in [3.63, 3.8) is 0 Å². The lowest BCUT2D eigenvalue weighted by Crippen LogP contribution is -2.69. The lowest BCUT2D eigenvalue weighted by Gasteiger charge is -2.71. The molecule has 0 spiro atoms. The molecular weight excluding hydrogens is 628 g/mol. The van der Waals surface area contributed by atoms with Crippen molar-refractivity contribution in [1.82, 2.24) is 25.1 Å². The van der Waals surface area contributed by atoms with Gasteiger partial charge in [0.2, 0.25) is 0 Å². The molecule has 0 aromatic carbocycles. The maximum atomic E-state index is 13.5. The summed E-state index contributed by atoms with van der Waals surface area (Å²) < 4.78 is 14.0. The Balaban J connectivity index is 1.44. The van der Waals surface area contributed by atoms with E-state index in [1.807, 2.05) is 0 Å². The Morgan fingerprint density at radius 1 is 1.14 bits per heavy atom. The summed E-state index contributed by atoms with van der Waals surface area (Å²) in [4.78, 5) is 17.6. The van der Waals surface area contributed by atoms with Gasteiger partial charge in [0.25, 0.3) is 5.95 Å². The highest BCUT2D eigenvalue weighted by molar-refractivity contribution is 5.73. The van der Waals surface area contributed by atoms with Crippen LogP contribution in [0.5, 0.6) is 0 Å². The predicted molar refractivity (Wildman–Crippen MR) is 196 cm³/mol. The molecule has 1 saturated heterocycles. The summed E-state index contributed by atoms with van der Waals surface area (Å²) in [5, 5.41) is 24.4. The molecule has 0 unspecified atom stereocenters. The number of hydrogen-bond acceptors (Lipinski definition) is 8. The Morgan fingerprint density at radius 3 is 2.42 bits per heavy atom. The van der Waals surface area contributed by atoms with Crippen molar-refractivity contribution >= 4 is 11.9 Å². The van der Waals surface area contributed by atoms with Gasteiger partial charge in [-0.1, -0.05) is 86.0 Å². The predicted octanol–water partition coefficient (Wildman–Crippen LogP) is 7.14. The molecule has 1 aromatic rings. The van der Waals surface area contributed by atoms with Crippen LogP contribution in [0.3, 0.4) is 0 Å². The molecule has 3 N–H and O–H groups in total. The van der Waals surface area contributed by atoms with Crippen molar-refractivity contribution in [1.29, 1.82) is 0 Å². The molecule has 6 rings (SSSR count). The molecule has 282 valence electrons. The number of nitrogen functional groups attached to an aromatic ring is 1. The second-order valence-corrected chi connectivity index (χ2v) is 19.3. The zero-order chi connectivity index (χ0) is 36.8. The number of hydrogen-bond donors (Lipinski definition) is 2. The molecule has 2 bridgehead atoms. The SMILES string of the molecule is CCN(C)[C@@](C)(CO[C@H]1[C@H](n2nnc(N)n2)C[C@@]23COC[C@]1(C)[C@@H]2CC[C@H]1C3=CC[C@@]2(C)[C@H](C(=O)O)[C@@](C)([C@H](C)C(C)C)CC[C@]12C)C(C)C. The Morgan fingerprint density at radius 2 is 1.84 bits per heavy atom. The van der Waals surface area contributed by atoms with Crippen molar-refractivity contribution in [2.75, 3.05) is 39.1 Å². The summed E-state index contributed by atoms with van der Waals surface area (Å²) in [5.41, 5.74) is 6.18. The zero-order valence-electron chi connectivity index (χ0n) is 33.3. The third-order valence-electron chi connectivity index (χ3n) is 17.0. The summed E-state index contributed by atoms with van der Waals surface area (Å²) in [6.45, 7) is 28.1. The van der Waals surface area contributed by atoms with E-state index in [1.165, 1.54) is 5.57 Å². The van der Waals surface area contributed by atoms with Gasteiger partial charge in [-0.2, -0.15) is 4.80 Å². The average molecular weight is 697 g/mol. The van der Waals surface area contributed by atoms with Crippen LogP contribution in [0, 0.1) is 62.6 Å². The Kier molecular flexibility index (Phi) is 9.45. The first-order valence-corrected chi connectivity index (χ1v) is 19.7. The van der Waals surface area contributed by atoms with Crippen LogP contribution in [0.25, 0.3) is 0 Å². The van der Waals surface area contributed by atoms with E-state index in [2.05, 4.69) is 110 Å². The quantitative estimate of drug-likeness (QED) is 0.245. The summed E-state index contributed by atoms with van der Waals surface area (Å²) >= 11 is 0. The molecule has 4 fully saturated rings. The minimum absolute atomic E-state index is 0.146. The van der Waals surface area contributed by atoms with Gasteiger partial charge in [0.05, 0.1) is 31.8 Å². The smallest absolute Gasteiger partial charge is 0.307 e. The molecule has 1 aliphatic heterocycles. The lowest BCUT2D eigenvalue weighted by molar-refractivity contribution is -0.256. The van der Waals surface area contributed by atoms with Crippen LogP contribution >= 0.6 is 0 Å². The van der Waals surface area contributed by atoms with Gasteiger partial charge in [-0.15, -0.1) is 5.10 Å². The van der Waals surface area contributed by atoms with Crippen LogP contribution in [0.15, 0.2) is 11.6 Å².